The predicted molar refractivity (Wildman–Crippen MR) is 121 cm³/mol. The molecule has 1 aliphatic carbocycles. The van der Waals surface area contributed by atoms with Crippen molar-refractivity contribution in [3.8, 4) is 11.5 Å². The Morgan fingerprint density at radius 3 is 2.68 bits per heavy atom. The van der Waals surface area contributed by atoms with Gasteiger partial charge < -0.3 is 9.47 Å². The molecule has 1 aromatic carbocycles. The third-order valence-electron chi connectivity index (χ3n) is 6.90. The molecule has 3 aromatic rings. The van der Waals surface area contributed by atoms with Crippen LogP contribution in [-0.2, 0) is 6.54 Å². The number of aromatic nitrogens is 3. The van der Waals surface area contributed by atoms with E-state index in [1.165, 1.54) is 25.7 Å². The standard InChI is InChI=1S/C25H27N5O/c1-17-9-12-28(13-10-17)20-6-5-18-16-30(25(31)21(18)15-20)23-4-2-3-22(27-23)24-26-11-14-29(24)19-7-8-19/h2-6,11,14-15,17,19H,7-10,12-13,16H2,1H3. The molecule has 0 N–H and O–H groups in total. The molecule has 1 saturated carbocycles. The maximum absolute atomic E-state index is 13.3. The van der Waals surface area contributed by atoms with E-state index >= 15 is 0 Å². The van der Waals surface area contributed by atoms with Crippen molar-refractivity contribution in [1.29, 1.82) is 0 Å². The fourth-order valence-corrected chi connectivity index (χ4v) is 4.79. The van der Waals surface area contributed by atoms with Crippen LogP contribution in [0.3, 0.4) is 0 Å². The van der Waals surface area contributed by atoms with Crippen LogP contribution in [-0.4, -0.2) is 33.5 Å². The molecule has 0 radical (unpaired) electrons. The van der Waals surface area contributed by atoms with Crippen LogP contribution in [0.25, 0.3) is 11.5 Å². The molecule has 4 heterocycles. The van der Waals surface area contributed by atoms with E-state index in [0.29, 0.717) is 18.4 Å². The number of pyridine rings is 1. The van der Waals surface area contributed by atoms with Gasteiger partial charge in [0.05, 0.1) is 6.54 Å². The Morgan fingerprint density at radius 1 is 1.03 bits per heavy atom. The lowest BCUT2D eigenvalue weighted by Crippen LogP contribution is -2.32. The Kier molecular flexibility index (Phi) is 4.33. The zero-order valence-corrected chi connectivity index (χ0v) is 17.9. The van der Waals surface area contributed by atoms with Crippen LogP contribution in [0.5, 0.6) is 0 Å². The summed E-state index contributed by atoms with van der Waals surface area (Å²) in [5, 5.41) is 0. The number of imidazole rings is 1. The van der Waals surface area contributed by atoms with Gasteiger partial charge in [-0.2, -0.15) is 0 Å². The summed E-state index contributed by atoms with van der Waals surface area (Å²) >= 11 is 0. The number of anilines is 2. The second-order valence-electron chi connectivity index (χ2n) is 9.17. The first-order chi connectivity index (χ1) is 15.2. The van der Waals surface area contributed by atoms with E-state index in [0.717, 1.165) is 47.3 Å². The quantitative estimate of drug-likeness (QED) is 0.623. The van der Waals surface area contributed by atoms with Crippen molar-refractivity contribution in [3.63, 3.8) is 0 Å². The van der Waals surface area contributed by atoms with Gasteiger partial charge in [0.25, 0.3) is 5.91 Å². The maximum Gasteiger partial charge on any atom is 0.260 e. The van der Waals surface area contributed by atoms with Gasteiger partial charge in [-0.25, -0.2) is 9.97 Å². The molecule has 0 spiro atoms. The molecule has 2 fully saturated rings. The maximum atomic E-state index is 13.3. The van der Waals surface area contributed by atoms with Crippen LogP contribution in [0.1, 0.15) is 54.6 Å². The summed E-state index contributed by atoms with van der Waals surface area (Å²) < 4.78 is 2.21. The van der Waals surface area contributed by atoms with E-state index in [-0.39, 0.29) is 5.91 Å². The summed E-state index contributed by atoms with van der Waals surface area (Å²) in [6, 6.07) is 12.8. The highest BCUT2D eigenvalue weighted by atomic mass is 16.2. The van der Waals surface area contributed by atoms with Crippen molar-refractivity contribution in [3.05, 3.63) is 59.9 Å². The van der Waals surface area contributed by atoms with Gasteiger partial charge in [-0.15, -0.1) is 0 Å². The number of benzene rings is 1. The second-order valence-corrected chi connectivity index (χ2v) is 9.17. The van der Waals surface area contributed by atoms with Gasteiger partial charge in [-0.1, -0.05) is 19.1 Å². The molecule has 0 unspecified atom stereocenters. The van der Waals surface area contributed by atoms with Crippen molar-refractivity contribution in [1.82, 2.24) is 14.5 Å². The fourth-order valence-electron chi connectivity index (χ4n) is 4.79. The second kappa shape index (κ2) is 7.22. The molecule has 3 aliphatic rings. The van der Waals surface area contributed by atoms with E-state index in [1.807, 2.05) is 30.6 Å². The Bertz CT molecular complexity index is 1140. The fraction of sp³-hybridized carbons (Fsp3) is 0.400. The van der Waals surface area contributed by atoms with Gasteiger partial charge >= 0.3 is 0 Å². The number of fused-ring (bicyclic) bond motifs is 1. The minimum Gasteiger partial charge on any atom is -0.371 e. The lowest BCUT2D eigenvalue weighted by Gasteiger charge is -2.32. The summed E-state index contributed by atoms with van der Waals surface area (Å²) in [6.45, 7) is 5.02. The van der Waals surface area contributed by atoms with E-state index < -0.39 is 0 Å². The lowest BCUT2D eigenvalue weighted by atomic mass is 9.98. The molecule has 6 nitrogen and oxygen atoms in total. The van der Waals surface area contributed by atoms with Gasteiger partial charge in [-0.05, 0) is 61.4 Å². The third-order valence-corrected chi connectivity index (χ3v) is 6.90. The van der Waals surface area contributed by atoms with Crippen LogP contribution < -0.4 is 9.80 Å². The average molecular weight is 414 g/mol. The molecule has 2 aromatic heterocycles. The van der Waals surface area contributed by atoms with Crippen LogP contribution in [0, 0.1) is 5.92 Å². The molecule has 158 valence electrons. The first kappa shape index (κ1) is 18.6. The number of amides is 1. The number of rotatable bonds is 4. The predicted octanol–water partition coefficient (Wildman–Crippen LogP) is 4.68. The van der Waals surface area contributed by atoms with Crippen molar-refractivity contribution >= 4 is 17.4 Å². The number of hydrogen-bond donors (Lipinski definition) is 0. The minimum atomic E-state index is 0.0393. The summed E-state index contributed by atoms with van der Waals surface area (Å²) in [7, 11) is 0. The lowest BCUT2D eigenvalue weighted by molar-refractivity contribution is 0.0996. The van der Waals surface area contributed by atoms with Crippen molar-refractivity contribution in [2.75, 3.05) is 22.9 Å². The van der Waals surface area contributed by atoms with E-state index in [4.69, 9.17) is 4.98 Å². The van der Waals surface area contributed by atoms with Crippen LogP contribution in [0.15, 0.2) is 48.8 Å². The van der Waals surface area contributed by atoms with Gasteiger partial charge in [0.2, 0.25) is 0 Å². The molecule has 1 saturated heterocycles. The number of carbonyl (C=O) groups is 1. The Morgan fingerprint density at radius 2 is 1.87 bits per heavy atom. The number of nitrogens with zero attached hydrogens (tertiary/aromatic N) is 5. The number of carbonyl (C=O) groups excluding carboxylic acids is 1. The third kappa shape index (κ3) is 3.30. The summed E-state index contributed by atoms with van der Waals surface area (Å²) in [6.07, 6.45) is 8.68. The molecular weight excluding hydrogens is 386 g/mol. The smallest absolute Gasteiger partial charge is 0.260 e. The Labute approximate surface area is 182 Å². The molecule has 2 aliphatic heterocycles. The first-order valence-corrected chi connectivity index (χ1v) is 11.4. The van der Waals surface area contributed by atoms with Gasteiger partial charge in [0.15, 0.2) is 5.82 Å². The molecular formula is C25H27N5O. The summed E-state index contributed by atoms with van der Waals surface area (Å²) in [5.74, 6) is 2.40. The largest absolute Gasteiger partial charge is 0.371 e. The zero-order valence-electron chi connectivity index (χ0n) is 17.9. The Hall–Kier alpha value is -3.15. The summed E-state index contributed by atoms with van der Waals surface area (Å²) in [5.41, 5.74) is 3.86. The molecule has 6 heteroatoms. The summed E-state index contributed by atoms with van der Waals surface area (Å²) in [4.78, 5) is 26.9. The van der Waals surface area contributed by atoms with E-state index in [1.54, 1.807) is 4.90 Å². The normalized spacial score (nSPS) is 19.2. The molecule has 0 atom stereocenters. The molecule has 6 rings (SSSR count). The Balaban J connectivity index is 1.27. The number of piperidine rings is 1. The van der Waals surface area contributed by atoms with Gasteiger partial charge in [0.1, 0.15) is 11.5 Å². The van der Waals surface area contributed by atoms with E-state index in [2.05, 4.69) is 39.6 Å². The zero-order chi connectivity index (χ0) is 20.9. The van der Waals surface area contributed by atoms with Crippen LogP contribution >= 0.6 is 0 Å². The molecule has 0 bridgehead atoms. The first-order valence-electron chi connectivity index (χ1n) is 11.4. The molecule has 31 heavy (non-hydrogen) atoms. The van der Waals surface area contributed by atoms with Crippen molar-refractivity contribution < 1.29 is 4.79 Å². The highest BCUT2D eigenvalue weighted by Gasteiger charge is 2.31. The van der Waals surface area contributed by atoms with E-state index in [9.17, 15) is 4.79 Å². The van der Waals surface area contributed by atoms with Gasteiger partial charge in [-0.3, -0.25) is 9.69 Å². The highest BCUT2D eigenvalue weighted by molar-refractivity contribution is 6.10. The topological polar surface area (TPSA) is 54.3 Å². The van der Waals surface area contributed by atoms with Gasteiger partial charge in [0, 0.05) is 42.8 Å². The van der Waals surface area contributed by atoms with Crippen molar-refractivity contribution in [2.45, 2.75) is 45.2 Å². The van der Waals surface area contributed by atoms with Crippen LogP contribution in [0.2, 0.25) is 0 Å². The van der Waals surface area contributed by atoms with Crippen molar-refractivity contribution in [2.24, 2.45) is 5.92 Å². The van der Waals surface area contributed by atoms with Crippen LogP contribution in [0.4, 0.5) is 11.5 Å². The minimum absolute atomic E-state index is 0.0393. The molecule has 1 amide bonds. The monoisotopic (exact) mass is 413 g/mol. The SMILES string of the molecule is CC1CCN(c2ccc3c(c2)C(=O)N(c2cccc(-c4nccn4C4CC4)n2)C3)CC1. The highest BCUT2D eigenvalue weighted by Crippen LogP contribution is 2.38. The number of hydrogen-bond acceptors (Lipinski definition) is 4. The average Bonchev–Trinajstić information content (AvgIpc) is 3.43.